The number of aromatic nitrogens is 2. The van der Waals surface area contributed by atoms with Crippen LogP contribution in [-0.2, 0) is 4.74 Å². The molecular formula is C14H23ClN4O. The van der Waals surface area contributed by atoms with E-state index < -0.39 is 0 Å². The van der Waals surface area contributed by atoms with Crippen LogP contribution in [0.25, 0.3) is 0 Å². The number of nitrogens with one attached hydrogen (secondary N) is 2. The Morgan fingerprint density at radius 1 is 1.45 bits per heavy atom. The molecule has 1 aromatic heterocycles. The number of ether oxygens (including phenoxy) is 1. The summed E-state index contributed by atoms with van der Waals surface area (Å²) in [5.41, 5.74) is 0.743. The number of rotatable bonds is 5. The summed E-state index contributed by atoms with van der Waals surface area (Å²) < 4.78 is 5.91. The molecule has 0 saturated carbocycles. The van der Waals surface area contributed by atoms with Gasteiger partial charge in [0.25, 0.3) is 0 Å². The highest BCUT2D eigenvalue weighted by Gasteiger charge is 2.28. The average molecular weight is 299 g/mol. The van der Waals surface area contributed by atoms with Crippen LogP contribution in [0.3, 0.4) is 0 Å². The molecule has 1 saturated heterocycles. The molecule has 1 aromatic rings. The molecular weight excluding hydrogens is 276 g/mol. The minimum absolute atomic E-state index is 0.312. The van der Waals surface area contributed by atoms with E-state index in [-0.39, 0.29) is 0 Å². The molecule has 0 amide bonds. The van der Waals surface area contributed by atoms with Crippen LogP contribution in [0, 0.1) is 11.8 Å². The quantitative estimate of drug-likeness (QED) is 0.818. The van der Waals surface area contributed by atoms with Crippen LogP contribution in [0.5, 0.6) is 0 Å². The van der Waals surface area contributed by atoms with E-state index >= 15 is 0 Å². The molecule has 5 nitrogen and oxygen atoms in total. The Hall–Kier alpha value is -1.07. The Bertz CT molecular complexity index is 441. The summed E-state index contributed by atoms with van der Waals surface area (Å²) in [5, 5.41) is 6.85. The average Bonchev–Trinajstić information content (AvgIpc) is 2.45. The predicted molar refractivity (Wildman–Crippen MR) is 82.4 cm³/mol. The Labute approximate surface area is 125 Å². The molecule has 2 unspecified atom stereocenters. The fourth-order valence-electron chi connectivity index (χ4n) is 2.77. The second-order valence-corrected chi connectivity index (χ2v) is 5.86. The van der Waals surface area contributed by atoms with Gasteiger partial charge in [-0.2, -0.15) is 0 Å². The minimum Gasteiger partial charge on any atom is -0.383 e. The van der Waals surface area contributed by atoms with E-state index in [0.717, 1.165) is 31.1 Å². The van der Waals surface area contributed by atoms with Gasteiger partial charge in [-0.1, -0.05) is 25.4 Å². The third kappa shape index (κ3) is 3.52. The third-order valence-electron chi connectivity index (χ3n) is 3.73. The first-order chi connectivity index (χ1) is 9.63. The number of nitrogens with zero attached hydrogens (tertiary/aromatic N) is 2. The molecule has 0 spiro atoms. The Kier molecular flexibility index (Phi) is 5.43. The zero-order chi connectivity index (χ0) is 14.5. The van der Waals surface area contributed by atoms with Crippen LogP contribution in [0.4, 0.5) is 11.5 Å². The van der Waals surface area contributed by atoms with Crippen molar-refractivity contribution in [3.05, 3.63) is 11.5 Å². The van der Waals surface area contributed by atoms with Gasteiger partial charge >= 0.3 is 0 Å². The SMILES string of the molecule is CNc1c(Cl)ncnc1NCC1CCCOC1C(C)C. The lowest BCUT2D eigenvalue weighted by atomic mass is 9.87. The summed E-state index contributed by atoms with van der Waals surface area (Å²) >= 11 is 6.05. The molecule has 0 bridgehead atoms. The summed E-state index contributed by atoms with van der Waals surface area (Å²) in [6, 6.07) is 0. The molecule has 1 fully saturated rings. The van der Waals surface area contributed by atoms with Crippen molar-refractivity contribution in [2.24, 2.45) is 11.8 Å². The lowest BCUT2D eigenvalue weighted by molar-refractivity contribution is -0.0480. The Balaban J connectivity index is 2.02. The second kappa shape index (κ2) is 7.09. The molecule has 6 heteroatoms. The molecule has 1 aliphatic heterocycles. The van der Waals surface area contributed by atoms with Crippen LogP contribution >= 0.6 is 11.6 Å². The van der Waals surface area contributed by atoms with Gasteiger partial charge in [-0.25, -0.2) is 9.97 Å². The minimum atomic E-state index is 0.312. The van der Waals surface area contributed by atoms with Gasteiger partial charge in [0, 0.05) is 26.1 Å². The van der Waals surface area contributed by atoms with E-state index in [1.807, 2.05) is 7.05 Å². The topological polar surface area (TPSA) is 59.1 Å². The third-order valence-corrected chi connectivity index (χ3v) is 4.02. The number of anilines is 2. The molecule has 2 atom stereocenters. The molecule has 1 aliphatic rings. The molecule has 2 rings (SSSR count). The van der Waals surface area contributed by atoms with Crippen molar-refractivity contribution in [2.75, 3.05) is 30.8 Å². The highest BCUT2D eigenvalue weighted by atomic mass is 35.5. The van der Waals surface area contributed by atoms with Crippen LogP contribution in [0.1, 0.15) is 26.7 Å². The van der Waals surface area contributed by atoms with Crippen molar-refractivity contribution in [2.45, 2.75) is 32.8 Å². The van der Waals surface area contributed by atoms with Crippen LogP contribution < -0.4 is 10.6 Å². The summed E-state index contributed by atoms with van der Waals surface area (Å²) in [6.07, 6.45) is 4.09. The Morgan fingerprint density at radius 3 is 2.95 bits per heavy atom. The van der Waals surface area contributed by atoms with Crippen molar-refractivity contribution >= 4 is 23.1 Å². The number of halogens is 1. The van der Waals surface area contributed by atoms with Crippen molar-refractivity contribution in [3.8, 4) is 0 Å². The highest BCUT2D eigenvalue weighted by molar-refractivity contribution is 6.32. The lowest BCUT2D eigenvalue weighted by Gasteiger charge is -2.34. The van der Waals surface area contributed by atoms with Crippen LogP contribution in [0.15, 0.2) is 6.33 Å². The first kappa shape index (κ1) is 15.3. The maximum absolute atomic E-state index is 6.05. The molecule has 112 valence electrons. The summed E-state index contributed by atoms with van der Waals surface area (Å²) in [7, 11) is 1.82. The first-order valence-electron chi connectivity index (χ1n) is 7.17. The molecule has 0 aliphatic carbocycles. The van der Waals surface area contributed by atoms with Gasteiger partial charge in [-0.15, -0.1) is 0 Å². The maximum Gasteiger partial charge on any atom is 0.157 e. The van der Waals surface area contributed by atoms with Crippen molar-refractivity contribution in [3.63, 3.8) is 0 Å². The fourth-order valence-corrected chi connectivity index (χ4v) is 3.00. The van der Waals surface area contributed by atoms with Crippen molar-refractivity contribution < 1.29 is 4.74 Å². The molecule has 2 heterocycles. The summed E-state index contributed by atoms with van der Waals surface area (Å²) in [6.45, 7) is 6.14. The molecule has 20 heavy (non-hydrogen) atoms. The van der Waals surface area contributed by atoms with Crippen LogP contribution in [-0.4, -0.2) is 36.3 Å². The second-order valence-electron chi connectivity index (χ2n) is 5.50. The zero-order valence-electron chi connectivity index (χ0n) is 12.3. The van der Waals surface area contributed by atoms with Crippen molar-refractivity contribution in [1.29, 1.82) is 0 Å². The van der Waals surface area contributed by atoms with Crippen molar-refractivity contribution in [1.82, 2.24) is 9.97 Å². The van der Waals surface area contributed by atoms with Gasteiger partial charge in [0.05, 0.1) is 6.10 Å². The van der Waals surface area contributed by atoms with E-state index in [0.29, 0.717) is 23.1 Å². The van der Waals surface area contributed by atoms with Gasteiger partial charge < -0.3 is 15.4 Å². The van der Waals surface area contributed by atoms with Crippen LogP contribution in [0.2, 0.25) is 5.15 Å². The van der Waals surface area contributed by atoms with E-state index in [1.54, 1.807) is 0 Å². The van der Waals surface area contributed by atoms with Gasteiger partial charge in [0.2, 0.25) is 0 Å². The molecule has 2 N–H and O–H groups in total. The van der Waals surface area contributed by atoms with Gasteiger partial charge in [0.15, 0.2) is 11.0 Å². The normalized spacial score (nSPS) is 22.9. The lowest BCUT2D eigenvalue weighted by Crippen LogP contribution is -2.37. The first-order valence-corrected chi connectivity index (χ1v) is 7.55. The number of hydrogen-bond donors (Lipinski definition) is 2. The van der Waals surface area contributed by atoms with Gasteiger partial charge in [0.1, 0.15) is 12.0 Å². The Morgan fingerprint density at radius 2 is 2.25 bits per heavy atom. The highest BCUT2D eigenvalue weighted by Crippen LogP contribution is 2.29. The van der Waals surface area contributed by atoms with E-state index in [9.17, 15) is 0 Å². The summed E-state index contributed by atoms with van der Waals surface area (Å²) in [5.74, 6) is 1.78. The monoisotopic (exact) mass is 298 g/mol. The maximum atomic E-state index is 6.05. The van der Waals surface area contributed by atoms with E-state index in [2.05, 4.69) is 34.4 Å². The van der Waals surface area contributed by atoms with Gasteiger partial charge in [-0.05, 0) is 18.8 Å². The fraction of sp³-hybridized carbons (Fsp3) is 0.714. The predicted octanol–water partition coefficient (Wildman–Crippen LogP) is 3.03. The standard InChI is InChI=1S/C14H23ClN4O/c1-9(2)12-10(5-4-6-20-12)7-17-14-11(16-3)13(15)18-8-19-14/h8-10,12,16H,4-7H2,1-3H3,(H,17,18,19). The van der Waals surface area contributed by atoms with Gasteiger partial charge in [-0.3, -0.25) is 0 Å². The largest absolute Gasteiger partial charge is 0.383 e. The van der Waals surface area contributed by atoms with E-state index in [1.165, 1.54) is 12.7 Å². The van der Waals surface area contributed by atoms with E-state index in [4.69, 9.17) is 16.3 Å². The smallest absolute Gasteiger partial charge is 0.157 e. The molecule has 0 aromatic carbocycles. The summed E-state index contributed by atoms with van der Waals surface area (Å²) in [4.78, 5) is 8.23. The number of hydrogen-bond acceptors (Lipinski definition) is 5. The zero-order valence-corrected chi connectivity index (χ0v) is 13.1. The molecule has 0 radical (unpaired) electrons.